The van der Waals surface area contributed by atoms with Gasteiger partial charge in [0.25, 0.3) is 0 Å². The van der Waals surface area contributed by atoms with Crippen molar-refractivity contribution in [1.82, 2.24) is 0 Å². The van der Waals surface area contributed by atoms with Crippen LogP contribution in [0, 0.1) is 0 Å². The van der Waals surface area contributed by atoms with Gasteiger partial charge in [0.1, 0.15) is 16.9 Å². The van der Waals surface area contributed by atoms with Crippen LogP contribution in [0.5, 0.6) is 0 Å². The molecular formula is C22H14F3NO3. The number of hydrogen-bond donors (Lipinski definition) is 2. The molecule has 0 saturated carbocycles. The maximum atomic E-state index is 12.8. The standard InChI is InChI=1S/C22H14F3NO3/c23-22(24,25)14-5-3-6-15(10-14)26-12-19(27)18-11-17-16-7-2-1-4-13(16)8-9-20(17)29-21(18)28/h1-12,26-27H/b19-12-. The Balaban J connectivity index is 1.73. The van der Waals surface area contributed by atoms with Crippen LogP contribution in [0.1, 0.15) is 11.1 Å². The molecule has 0 atom stereocenters. The maximum Gasteiger partial charge on any atom is 0.416 e. The molecule has 3 aromatic carbocycles. The van der Waals surface area contributed by atoms with Gasteiger partial charge in [0.05, 0.1) is 5.56 Å². The molecule has 0 aliphatic carbocycles. The normalized spacial score (nSPS) is 12.4. The minimum absolute atomic E-state index is 0.103. The van der Waals surface area contributed by atoms with Gasteiger partial charge in [-0.25, -0.2) is 4.79 Å². The molecule has 7 heteroatoms. The van der Waals surface area contributed by atoms with Crippen LogP contribution in [-0.2, 0) is 6.18 Å². The Morgan fingerprint density at radius 2 is 1.76 bits per heavy atom. The summed E-state index contributed by atoms with van der Waals surface area (Å²) >= 11 is 0. The Labute approximate surface area is 162 Å². The molecular weight excluding hydrogens is 383 g/mol. The van der Waals surface area contributed by atoms with Gasteiger partial charge in [-0.1, -0.05) is 36.4 Å². The predicted molar refractivity (Wildman–Crippen MR) is 106 cm³/mol. The van der Waals surface area contributed by atoms with Crippen LogP contribution in [-0.4, -0.2) is 5.11 Å². The molecule has 0 fully saturated rings. The topological polar surface area (TPSA) is 62.5 Å². The molecule has 0 bridgehead atoms. The van der Waals surface area contributed by atoms with Gasteiger partial charge in [0, 0.05) is 17.3 Å². The molecule has 146 valence electrons. The molecule has 4 rings (SSSR count). The van der Waals surface area contributed by atoms with E-state index in [9.17, 15) is 23.1 Å². The monoisotopic (exact) mass is 397 g/mol. The van der Waals surface area contributed by atoms with E-state index in [1.54, 1.807) is 6.07 Å². The lowest BCUT2D eigenvalue weighted by Crippen LogP contribution is -2.08. The lowest BCUT2D eigenvalue weighted by molar-refractivity contribution is -0.137. The van der Waals surface area contributed by atoms with Gasteiger partial charge < -0.3 is 14.8 Å². The first-order valence-electron chi connectivity index (χ1n) is 8.62. The number of aliphatic hydroxyl groups is 1. The second kappa shape index (κ2) is 7.01. The summed E-state index contributed by atoms with van der Waals surface area (Å²) in [7, 11) is 0. The Bertz CT molecular complexity index is 1310. The van der Waals surface area contributed by atoms with Crippen molar-refractivity contribution in [3.63, 3.8) is 0 Å². The van der Waals surface area contributed by atoms with Gasteiger partial charge in [-0.15, -0.1) is 0 Å². The minimum atomic E-state index is -4.48. The summed E-state index contributed by atoms with van der Waals surface area (Å²) in [5, 5.41) is 15.3. The highest BCUT2D eigenvalue weighted by atomic mass is 19.4. The minimum Gasteiger partial charge on any atom is -0.506 e. The second-order valence-corrected chi connectivity index (χ2v) is 6.40. The van der Waals surface area contributed by atoms with Gasteiger partial charge in [0.15, 0.2) is 0 Å². The highest BCUT2D eigenvalue weighted by Gasteiger charge is 2.30. The van der Waals surface area contributed by atoms with Crippen LogP contribution >= 0.6 is 0 Å². The first-order chi connectivity index (χ1) is 13.8. The third kappa shape index (κ3) is 3.67. The van der Waals surface area contributed by atoms with E-state index in [1.807, 2.05) is 30.3 Å². The number of benzene rings is 3. The number of anilines is 1. The first kappa shape index (κ1) is 18.6. The average molecular weight is 397 g/mol. The lowest BCUT2D eigenvalue weighted by Gasteiger charge is -2.09. The van der Waals surface area contributed by atoms with E-state index < -0.39 is 23.1 Å². The van der Waals surface area contributed by atoms with Gasteiger partial charge in [0.2, 0.25) is 0 Å². The second-order valence-electron chi connectivity index (χ2n) is 6.40. The van der Waals surface area contributed by atoms with E-state index >= 15 is 0 Å². The van der Waals surface area contributed by atoms with Crippen LogP contribution in [0.4, 0.5) is 18.9 Å². The van der Waals surface area contributed by atoms with Crippen molar-refractivity contribution in [3.8, 4) is 0 Å². The van der Waals surface area contributed by atoms with Crippen molar-refractivity contribution in [2.75, 3.05) is 5.32 Å². The molecule has 1 heterocycles. The third-order valence-electron chi connectivity index (χ3n) is 4.48. The van der Waals surface area contributed by atoms with Gasteiger partial charge in [-0.2, -0.15) is 13.2 Å². The van der Waals surface area contributed by atoms with Crippen LogP contribution in [0.2, 0.25) is 0 Å². The summed E-state index contributed by atoms with van der Waals surface area (Å²) in [4.78, 5) is 12.3. The summed E-state index contributed by atoms with van der Waals surface area (Å²) in [5.74, 6) is -0.453. The quantitative estimate of drug-likeness (QED) is 0.255. The van der Waals surface area contributed by atoms with Crippen LogP contribution < -0.4 is 10.9 Å². The molecule has 0 aliphatic rings. The molecule has 0 spiro atoms. The highest BCUT2D eigenvalue weighted by molar-refractivity contribution is 6.05. The van der Waals surface area contributed by atoms with Crippen LogP contribution in [0.25, 0.3) is 27.5 Å². The van der Waals surface area contributed by atoms with E-state index in [0.29, 0.717) is 11.0 Å². The van der Waals surface area contributed by atoms with E-state index in [1.165, 1.54) is 18.2 Å². The zero-order valence-electron chi connectivity index (χ0n) is 14.8. The molecule has 0 radical (unpaired) electrons. The summed E-state index contributed by atoms with van der Waals surface area (Å²) in [6, 6.07) is 17.0. The summed E-state index contributed by atoms with van der Waals surface area (Å²) < 4.78 is 43.7. The molecule has 1 aromatic heterocycles. The lowest BCUT2D eigenvalue weighted by atomic mass is 10.0. The fourth-order valence-corrected chi connectivity index (χ4v) is 3.06. The maximum absolute atomic E-state index is 12.8. The Morgan fingerprint density at radius 1 is 0.966 bits per heavy atom. The summed E-state index contributed by atoms with van der Waals surface area (Å²) in [6.45, 7) is 0. The number of halogens is 3. The number of nitrogens with one attached hydrogen (secondary N) is 1. The van der Waals surface area contributed by atoms with E-state index in [0.717, 1.165) is 29.1 Å². The van der Waals surface area contributed by atoms with Crippen molar-refractivity contribution in [2.45, 2.75) is 6.18 Å². The molecule has 0 aliphatic heterocycles. The SMILES string of the molecule is O=c1oc2ccc3ccccc3c2cc1/C(O)=C/Nc1cccc(C(F)(F)F)c1. The predicted octanol–water partition coefficient (Wildman–Crippen LogP) is 5.93. The molecule has 4 nitrogen and oxygen atoms in total. The third-order valence-corrected chi connectivity index (χ3v) is 4.48. The molecule has 0 amide bonds. The van der Waals surface area contributed by atoms with Crippen LogP contribution in [0.3, 0.4) is 0 Å². The van der Waals surface area contributed by atoms with Crippen molar-refractivity contribution in [1.29, 1.82) is 0 Å². The highest BCUT2D eigenvalue weighted by Crippen LogP contribution is 2.31. The van der Waals surface area contributed by atoms with Crippen molar-refractivity contribution >= 4 is 33.2 Å². The number of rotatable bonds is 3. The summed E-state index contributed by atoms with van der Waals surface area (Å²) in [6.07, 6.45) is -3.43. The van der Waals surface area contributed by atoms with E-state index in [4.69, 9.17) is 4.42 Å². The van der Waals surface area contributed by atoms with Gasteiger partial charge >= 0.3 is 11.8 Å². The Hall–Kier alpha value is -3.74. The van der Waals surface area contributed by atoms with Gasteiger partial charge in [-0.3, -0.25) is 0 Å². The fraction of sp³-hybridized carbons (Fsp3) is 0.0455. The van der Waals surface area contributed by atoms with E-state index in [2.05, 4.69) is 5.32 Å². The number of fused-ring (bicyclic) bond motifs is 3. The smallest absolute Gasteiger partial charge is 0.416 e. The molecule has 0 unspecified atom stereocenters. The number of alkyl halides is 3. The largest absolute Gasteiger partial charge is 0.506 e. The Kier molecular flexibility index (Phi) is 4.50. The fourth-order valence-electron chi connectivity index (χ4n) is 3.06. The van der Waals surface area contributed by atoms with Crippen molar-refractivity contribution in [2.24, 2.45) is 0 Å². The van der Waals surface area contributed by atoms with Crippen LogP contribution in [0.15, 0.2) is 82.1 Å². The zero-order chi connectivity index (χ0) is 20.6. The Morgan fingerprint density at radius 3 is 2.55 bits per heavy atom. The molecule has 0 saturated heterocycles. The van der Waals surface area contributed by atoms with Gasteiger partial charge in [-0.05, 0) is 41.1 Å². The van der Waals surface area contributed by atoms with E-state index in [-0.39, 0.29) is 11.3 Å². The summed E-state index contributed by atoms with van der Waals surface area (Å²) in [5.41, 5.74) is -1.20. The zero-order valence-corrected chi connectivity index (χ0v) is 14.8. The molecule has 29 heavy (non-hydrogen) atoms. The first-order valence-corrected chi connectivity index (χ1v) is 8.62. The van der Waals surface area contributed by atoms with Crippen molar-refractivity contribution in [3.05, 3.63) is 94.5 Å². The number of aliphatic hydroxyl groups excluding tert-OH is 1. The number of hydrogen-bond acceptors (Lipinski definition) is 4. The molecule has 2 N–H and O–H groups in total. The van der Waals surface area contributed by atoms with Crippen molar-refractivity contribution < 1.29 is 22.7 Å². The average Bonchev–Trinajstić information content (AvgIpc) is 2.71. The molecule has 4 aromatic rings.